The van der Waals surface area contributed by atoms with Crippen molar-refractivity contribution in [1.82, 2.24) is 4.98 Å². The number of nitrogens with zero attached hydrogens (tertiary/aromatic N) is 1. The van der Waals surface area contributed by atoms with Crippen LogP contribution in [0.25, 0.3) is 0 Å². The molecule has 0 aliphatic carbocycles. The van der Waals surface area contributed by atoms with E-state index >= 15 is 0 Å². The third-order valence-electron chi connectivity index (χ3n) is 2.37. The van der Waals surface area contributed by atoms with E-state index < -0.39 is 11.9 Å². The molecule has 0 bridgehead atoms. The maximum absolute atomic E-state index is 12.0. The molecule has 3 N–H and O–H groups in total. The van der Waals surface area contributed by atoms with Crippen LogP contribution in [-0.2, 0) is 4.79 Å². The average Bonchev–Trinajstić information content (AvgIpc) is 2.86. The van der Waals surface area contributed by atoms with Crippen molar-refractivity contribution in [2.45, 2.75) is 6.92 Å². The summed E-state index contributed by atoms with van der Waals surface area (Å²) in [5.41, 5.74) is 0.271. The highest BCUT2D eigenvalue weighted by Crippen LogP contribution is 2.23. The summed E-state index contributed by atoms with van der Waals surface area (Å²) in [6, 6.07) is 4.50. The number of carboxylic acid groups (broad SMARTS) is 1. The summed E-state index contributed by atoms with van der Waals surface area (Å²) in [7, 11) is 0. The summed E-state index contributed by atoms with van der Waals surface area (Å²) in [4.78, 5) is 37.9. The summed E-state index contributed by atoms with van der Waals surface area (Å²) >= 11 is 1.12. The molecule has 0 saturated heterocycles. The molecular weight excluding hydrogens is 294 g/mol. The molecule has 108 valence electrons. The van der Waals surface area contributed by atoms with Crippen LogP contribution in [0.1, 0.15) is 27.0 Å². The zero-order chi connectivity index (χ0) is 15.4. The molecule has 0 unspecified atom stereocenters. The van der Waals surface area contributed by atoms with Gasteiger partial charge in [0.1, 0.15) is 0 Å². The van der Waals surface area contributed by atoms with Crippen LogP contribution < -0.4 is 10.6 Å². The van der Waals surface area contributed by atoms with Gasteiger partial charge in [-0.3, -0.25) is 14.6 Å². The number of aromatic carboxylic acids is 1. The second-order valence-electron chi connectivity index (χ2n) is 4.07. The van der Waals surface area contributed by atoms with Crippen molar-refractivity contribution in [3.05, 3.63) is 41.0 Å². The SMILES string of the molecule is CC(=O)Nc1ccc(C(=O)Nc2cncc(C(=O)O)c2)s1. The first-order valence-corrected chi connectivity index (χ1v) is 6.64. The van der Waals surface area contributed by atoms with E-state index in [1.807, 2.05) is 0 Å². The highest BCUT2D eigenvalue weighted by molar-refractivity contribution is 7.18. The molecule has 0 aliphatic rings. The smallest absolute Gasteiger partial charge is 0.337 e. The third kappa shape index (κ3) is 3.86. The number of thiophene rings is 1. The van der Waals surface area contributed by atoms with Crippen molar-refractivity contribution in [2.75, 3.05) is 10.6 Å². The van der Waals surface area contributed by atoms with Crippen molar-refractivity contribution in [3.63, 3.8) is 0 Å². The molecule has 2 aromatic rings. The Morgan fingerprint density at radius 2 is 1.95 bits per heavy atom. The quantitative estimate of drug-likeness (QED) is 0.801. The first kappa shape index (κ1) is 14.7. The molecule has 2 aromatic heterocycles. The largest absolute Gasteiger partial charge is 0.478 e. The van der Waals surface area contributed by atoms with Crippen molar-refractivity contribution >= 4 is 39.8 Å². The number of hydrogen-bond donors (Lipinski definition) is 3. The van der Waals surface area contributed by atoms with Crippen molar-refractivity contribution < 1.29 is 19.5 Å². The first-order chi connectivity index (χ1) is 9.95. The van der Waals surface area contributed by atoms with Gasteiger partial charge in [0, 0.05) is 13.1 Å². The average molecular weight is 305 g/mol. The van der Waals surface area contributed by atoms with Crippen LogP contribution in [0.4, 0.5) is 10.7 Å². The molecule has 2 amide bonds. The Morgan fingerprint density at radius 1 is 1.19 bits per heavy atom. The predicted octanol–water partition coefficient (Wildman–Crippen LogP) is 2.05. The van der Waals surface area contributed by atoms with E-state index in [1.165, 1.54) is 25.4 Å². The molecule has 2 rings (SSSR count). The normalized spacial score (nSPS) is 9.95. The Balaban J connectivity index is 2.10. The highest BCUT2D eigenvalue weighted by Gasteiger charge is 2.11. The Hall–Kier alpha value is -2.74. The van der Waals surface area contributed by atoms with E-state index in [-0.39, 0.29) is 17.2 Å². The molecular formula is C13H11N3O4S. The zero-order valence-corrected chi connectivity index (χ0v) is 11.7. The van der Waals surface area contributed by atoms with Gasteiger partial charge < -0.3 is 15.7 Å². The van der Waals surface area contributed by atoms with Gasteiger partial charge in [-0.1, -0.05) is 0 Å². The number of anilines is 2. The molecule has 21 heavy (non-hydrogen) atoms. The minimum absolute atomic E-state index is 0.0158. The van der Waals surface area contributed by atoms with Crippen LogP contribution in [0.2, 0.25) is 0 Å². The van der Waals surface area contributed by atoms with Crippen molar-refractivity contribution in [1.29, 1.82) is 0 Å². The number of carbonyl (C=O) groups excluding carboxylic acids is 2. The third-order valence-corrected chi connectivity index (χ3v) is 3.37. The number of carbonyl (C=O) groups is 3. The van der Waals surface area contributed by atoms with Gasteiger partial charge in [-0.2, -0.15) is 0 Å². The maximum Gasteiger partial charge on any atom is 0.337 e. The minimum Gasteiger partial charge on any atom is -0.478 e. The molecule has 7 nitrogen and oxygen atoms in total. The van der Waals surface area contributed by atoms with E-state index in [0.29, 0.717) is 9.88 Å². The Bertz CT molecular complexity index is 711. The van der Waals surface area contributed by atoms with Crippen LogP contribution in [0.3, 0.4) is 0 Å². The van der Waals surface area contributed by atoms with Crippen molar-refractivity contribution in [3.8, 4) is 0 Å². The molecule has 0 fully saturated rings. The first-order valence-electron chi connectivity index (χ1n) is 5.83. The lowest BCUT2D eigenvalue weighted by Crippen LogP contribution is -2.11. The lowest BCUT2D eigenvalue weighted by atomic mass is 10.2. The van der Waals surface area contributed by atoms with E-state index in [9.17, 15) is 14.4 Å². The monoisotopic (exact) mass is 305 g/mol. The zero-order valence-electron chi connectivity index (χ0n) is 10.9. The summed E-state index contributed by atoms with van der Waals surface area (Å²) in [5.74, 6) is -1.74. The predicted molar refractivity (Wildman–Crippen MR) is 77.8 cm³/mol. The molecule has 0 atom stereocenters. The number of hydrogen-bond acceptors (Lipinski definition) is 5. The molecule has 0 radical (unpaired) electrons. The molecule has 8 heteroatoms. The summed E-state index contributed by atoms with van der Waals surface area (Å²) in [6.45, 7) is 1.38. The topological polar surface area (TPSA) is 108 Å². The number of rotatable bonds is 4. The molecule has 0 aromatic carbocycles. The maximum atomic E-state index is 12.0. The summed E-state index contributed by atoms with van der Waals surface area (Å²) in [5, 5.41) is 14.5. The van der Waals surface area contributed by atoms with Crippen LogP contribution in [0, 0.1) is 0 Å². The second-order valence-corrected chi connectivity index (χ2v) is 5.15. The summed E-state index contributed by atoms with van der Waals surface area (Å²) in [6.07, 6.45) is 2.55. The van der Waals surface area contributed by atoms with Gasteiger partial charge in [0.2, 0.25) is 5.91 Å². The number of aromatic nitrogens is 1. The minimum atomic E-state index is -1.12. The standard InChI is InChI=1S/C13H11N3O4S/c1-7(17)15-11-3-2-10(21-11)12(18)16-9-4-8(13(19)20)5-14-6-9/h2-6H,1H3,(H,15,17)(H,16,18)(H,19,20). The fourth-order valence-corrected chi connectivity index (χ4v) is 2.37. The fourth-order valence-electron chi connectivity index (χ4n) is 1.52. The van der Waals surface area contributed by atoms with Gasteiger partial charge in [-0.15, -0.1) is 11.3 Å². The summed E-state index contributed by atoms with van der Waals surface area (Å²) < 4.78 is 0. The van der Waals surface area contributed by atoms with Gasteiger partial charge in [-0.25, -0.2) is 4.79 Å². The molecule has 0 spiro atoms. The second kappa shape index (κ2) is 6.14. The molecule has 0 saturated carbocycles. The van der Waals surface area contributed by atoms with Gasteiger partial charge in [-0.05, 0) is 18.2 Å². The van der Waals surface area contributed by atoms with Crippen LogP contribution >= 0.6 is 11.3 Å². The number of amides is 2. The van der Waals surface area contributed by atoms with Gasteiger partial charge in [0.15, 0.2) is 0 Å². The number of carboxylic acids is 1. The van der Waals surface area contributed by atoms with Gasteiger partial charge in [0.05, 0.1) is 27.3 Å². The van der Waals surface area contributed by atoms with E-state index in [2.05, 4.69) is 15.6 Å². The van der Waals surface area contributed by atoms with Crippen LogP contribution in [0.5, 0.6) is 0 Å². The lowest BCUT2D eigenvalue weighted by Gasteiger charge is -2.03. The van der Waals surface area contributed by atoms with Crippen LogP contribution in [0.15, 0.2) is 30.6 Å². The molecule has 0 aliphatic heterocycles. The Morgan fingerprint density at radius 3 is 2.62 bits per heavy atom. The van der Waals surface area contributed by atoms with Crippen LogP contribution in [-0.4, -0.2) is 27.9 Å². The Kier molecular flexibility index (Phi) is 4.29. The number of pyridine rings is 1. The van der Waals surface area contributed by atoms with Gasteiger partial charge >= 0.3 is 5.97 Å². The fraction of sp³-hybridized carbons (Fsp3) is 0.0769. The van der Waals surface area contributed by atoms with Crippen molar-refractivity contribution in [2.24, 2.45) is 0 Å². The lowest BCUT2D eigenvalue weighted by molar-refractivity contribution is -0.114. The highest BCUT2D eigenvalue weighted by atomic mass is 32.1. The van der Waals surface area contributed by atoms with Gasteiger partial charge in [0.25, 0.3) is 5.91 Å². The molecule has 2 heterocycles. The Labute approximate surface area is 123 Å². The van der Waals surface area contributed by atoms with E-state index in [0.717, 1.165) is 11.3 Å². The van der Waals surface area contributed by atoms with E-state index in [4.69, 9.17) is 5.11 Å². The van der Waals surface area contributed by atoms with E-state index in [1.54, 1.807) is 12.1 Å². The number of nitrogens with one attached hydrogen (secondary N) is 2.